The van der Waals surface area contributed by atoms with Crippen molar-refractivity contribution in [2.45, 2.75) is 76.0 Å². The molecular weight excluding hydrogens is 398 g/mol. The summed E-state index contributed by atoms with van der Waals surface area (Å²) in [4.78, 5) is 16.0. The molecule has 4 rings (SSSR count). The molecule has 2 atom stereocenters. The second-order valence-electron chi connectivity index (χ2n) is 10.0. The van der Waals surface area contributed by atoms with Gasteiger partial charge < -0.3 is 9.84 Å². The average Bonchev–Trinajstić information content (AvgIpc) is 2.85. The quantitative estimate of drug-likeness (QED) is 0.618. The normalized spacial score (nSPS) is 22.8. The number of aliphatic hydroxyl groups is 1. The molecule has 0 spiro atoms. The molecule has 1 aliphatic heterocycles. The first-order chi connectivity index (χ1) is 15.4. The summed E-state index contributed by atoms with van der Waals surface area (Å²) in [5.74, 6) is -0.563. The van der Waals surface area contributed by atoms with E-state index in [4.69, 9.17) is 4.74 Å². The standard InChI is InChI=1S/C28H37NO3/c1-27(2,22-13-6-3-7-14-22)29-20-12-19-25(21-29)32-26(30)28(31,23-15-8-4-9-16-23)24-17-10-5-11-18-24/h3-4,6-9,13-16,24-25,31H,5,10-12,17-21H2,1-2H3/t25-,28?/m1/s1. The van der Waals surface area contributed by atoms with Gasteiger partial charge in [0.25, 0.3) is 0 Å². The van der Waals surface area contributed by atoms with Crippen LogP contribution in [0.1, 0.15) is 69.9 Å². The number of nitrogens with zero attached hydrogens (tertiary/aromatic N) is 1. The lowest BCUT2D eigenvalue weighted by Crippen LogP contribution is -2.52. The smallest absolute Gasteiger partial charge is 0.343 e. The van der Waals surface area contributed by atoms with Gasteiger partial charge in [-0.3, -0.25) is 4.90 Å². The van der Waals surface area contributed by atoms with Crippen LogP contribution in [0.15, 0.2) is 60.7 Å². The molecule has 1 saturated carbocycles. The first-order valence-electron chi connectivity index (χ1n) is 12.2. The van der Waals surface area contributed by atoms with Crippen LogP contribution in [0.3, 0.4) is 0 Å². The van der Waals surface area contributed by atoms with Crippen molar-refractivity contribution >= 4 is 5.97 Å². The number of piperidine rings is 1. The van der Waals surface area contributed by atoms with E-state index >= 15 is 0 Å². The molecule has 4 nitrogen and oxygen atoms in total. The number of likely N-dealkylation sites (tertiary alicyclic amines) is 1. The lowest BCUT2D eigenvalue weighted by atomic mass is 9.73. The fourth-order valence-electron chi connectivity index (χ4n) is 5.54. The fraction of sp³-hybridized carbons (Fsp3) is 0.536. The van der Waals surface area contributed by atoms with E-state index in [1.165, 1.54) is 12.0 Å². The predicted octanol–water partition coefficient (Wildman–Crippen LogP) is 5.40. The molecule has 1 unspecified atom stereocenters. The minimum atomic E-state index is -1.57. The van der Waals surface area contributed by atoms with Crippen LogP contribution in [-0.4, -0.2) is 35.2 Å². The van der Waals surface area contributed by atoms with Crippen LogP contribution in [0.25, 0.3) is 0 Å². The summed E-state index contributed by atoms with van der Waals surface area (Å²) >= 11 is 0. The van der Waals surface area contributed by atoms with E-state index in [9.17, 15) is 9.90 Å². The molecule has 1 saturated heterocycles. The van der Waals surface area contributed by atoms with Gasteiger partial charge in [0.15, 0.2) is 5.60 Å². The van der Waals surface area contributed by atoms with Crippen molar-refractivity contribution in [2.75, 3.05) is 13.1 Å². The Morgan fingerprint density at radius 1 is 0.875 bits per heavy atom. The maximum absolute atomic E-state index is 13.6. The monoisotopic (exact) mass is 435 g/mol. The van der Waals surface area contributed by atoms with E-state index in [2.05, 4.69) is 43.0 Å². The zero-order valence-electron chi connectivity index (χ0n) is 19.5. The van der Waals surface area contributed by atoms with Crippen molar-refractivity contribution < 1.29 is 14.6 Å². The highest BCUT2D eigenvalue weighted by atomic mass is 16.6. The Bertz CT molecular complexity index is 876. The number of ether oxygens (including phenoxy) is 1. The van der Waals surface area contributed by atoms with Gasteiger partial charge in [-0.1, -0.05) is 79.9 Å². The molecule has 2 aromatic carbocycles. The summed E-state index contributed by atoms with van der Waals surface area (Å²) in [6, 6.07) is 19.9. The molecule has 1 N–H and O–H groups in total. The van der Waals surface area contributed by atoms with E-state index in [1.54, 1.807) is 0 Å². The van der Waals surface area contributed by atoms with Crippen molar-refractivity contribution in [2.24, 2.45) is 5.92 Å². The van der Waals surface area contributed by atoms with Crippen molar-refractivity contribution in [1.82, 2.24) is 4.90 Å². The maximum Gasteiger partial charge on any atom is 0.343 e. The summed E-state index contributed by atoms with van der Waals surface area (Å²) in [5, 5.41) is 11.8. The number of carbonyl (C=O) groups excluding carboxylic acids is 1. The molecule has 172 valence electrons. The topological polar surface area (TPSA) is 49.8 Å². The first kappa shape index (κ1) is 23.0. The largest absolute Gasteiger partial charge is 0.459 e. The molecule has 32 heavy (non-hydrogen) atoms. The van der Waals surface area contributed by atoms with E-state index < -0.39 is 11.6 Å². The molecule has 0 amide bonds. The third kappa shape index (κ3) is 4.62. The fourth-order valence-corrected chi connectivity index (χ4v) is 5.54. The highest BCUT2D eigenvalue weighted by Crippen LogP contribution is 2.41. The lowest BCUT2D eigenvalue weighted by Gasteiger charge is -2.44. The Kier molecular flexibility index (Phi) is 7.02. The van der Waals surface area contributed by atoms with Gasteiger partial charge in [-0.2, -0.15) is 0 Å². The maximum atomic E-state index is 13.6. The Morgan fingerprint density at radius 2 is 1.47 bits per heavy atom. The van der Waals surface area contributed by atoms with Crippen LogP contribution in [0.2, 0.25) is 0 Å². The molecule has 0 bridgehead atoms. The summed E-state index contributed by atoms with van der Waals surface area (Å²) in [6.07, 6.45) is 6.59. The second-order valence-corrected chi connectivity index (χ2v) is 10.0. The van der Waals surface area contributed by atoms with Gasteiger partial charge in [-0.15, -0.1) is 0 Å². The Labute approximate surface area is 192 Å². The third-order valence-corrected chi connectivity index (χ3v) is 7.64. The minimum absolute atomic E-state index is 0.0911. The van der Waals surface area contributed by atoms with Crippen LogP contribution in [-0.2, 0) is 20.7 Å². The van der Waals surface area contributed by atoms with E-state index in [1.807, 2.05) is 36.4 Å². The van der Waals surface area contributed by atoms with E-state index in [0.717, 1.165) is 45.1 Å². The van der Waals surface area contributed by atoms with Gasteiger partial charge in [0.2, 0.25) is 0 Å². The van der Waals surface area contributed by atoms with Gasteiger partial charge in [0.05, 0.1) is 0 Å². The lowest BCUT2D eigenvalue weighted by molar-refractivity contribution is -0.184. The summed E-state index contributed by atoms with van der Waals surface area (Å²) in [7, 11) is 0. The van der Waals surface area contributed by atoms with Gasteiger partial charge in [0, 0.05) is 18.0 Å². The summed E-state index contributed by atoms with van der Waals surface area (Å²) in [6.45, 7) is 6.12. The van der Waals surface area contributed by atoms with Crippen LogP contribution < -0.4 is 0 Å². The van der Waals surface area contributed by atoms with Gasteiger partial charge >= 0.3 is 5.97 Å². The second kappa shape index (κ2) is 9.76. The molecule has 1 heterocycles. The number of rotatable bonds is 6. The molecule has 0 aromatic heterocycles. The Balaban J connectivity index is 1.52. The summed E-state index contributed by atoms with van der Waals surface area (Å²) in [5.41, 5.74) is 0.203. The van der Waals surface area contributed by atoms with Crippen molar-refractivity contribution in [1.29, 1.82) is 0 Å². The number of carbonyl (C=O) groups is 1. The highest BCUT2D eigenvalue weighted by molar-refractivity contribution is 5.81. The number of hydrogen-bond acceptors (Lipinski definition) is 4. The van der Waals surface area contributed by atoms with Crippen molar-refractivity contribution in [3.05, 3.63) is 71.8 Å². The number of esters is 1. The van der Waals surface area contributed by atoms with Crippen molar-refractivity contribution in [3.63, 3.8) is 0 Å². The molecule has 4 heteroatoms. The molecule has 0 radical (unpaired) electrons. The van der Waals surface area contributed by atoms with Crippen LogP contribution in [0.4, 0.5) is 0 Å². The van der Waals surface area contributed by atoms with Gasteiger partial charge in [0.1, 0.15) is 6.10 Å². The third-order valence-electron chi connectivity index (χ3n) is 7.64. The molecule has 2 aromatic rings. The van der Waals surface area contributed by atoms with Crippen LogP contribution in [0, 0.1) is 5.92 Å². The van der Waals surface area contributed by atoms with Crippen molar-refractivity contribution in [3.8, 4) is 0 Å². The minimum Gasteiger partial charge on any atom is -0.459 e. The SMILES string of the molecule is CC(C)(c1ccccc1)N1CCC[C@@H](OC(=O)C(O)(c2ccccc2)C2CCCCC2)C1. The van der Waals surface area contributed by atoms with E-state index in [0.29, 0.717) is 12.1 Å². The van der Waals surface area contributed by atoms with E-state index in [-0.39, 0.29) is 17.6 Å². The molecule has 1 aliphatic carbocycles. The molecular formula is C28H37NO3. The summed E-state index contributed by atoms with van der Waals surface area (Å²) < 4.78 is 6.09. The predicted molar refractivity (Wildman–Crippen MR) is 127 cm³/mol. The van der Waals surface area contributed by atoms with Gasteiger partial charge in [-0.25, -0.2) is 4.79 Å². The zero-order valence-corrected chi connectivity index (χ0v) is 19.5. The molecule has 2 fully saturated rings. The van der Waals surface area contributed by atoms with Crippen LogP contribution in [0.5, 0.6) is 0 Å². The zero-order chi connectivity index (χ0) is 22.6. The Morgan fingerprint density at radius 3 is 2.09 bits per heavy atom. The molecule has 2 aliphatic rings. The highest BCUT2D eigenvalue weighted by Gasteiger charge is 2.48. The van der Waals surface area contributed by atoms with Gasteiger partial charge in [-0.05, 0) is 57.2 Å². The number of benzene rings is 2. The average molecular weight is 436 g/mol. The Hall–Kier alpha value is -2.17. The first-order valence-corrected chi connectivity index (χ1v) is 12.2. The number of hydrogen-bond donors (Lipinski definition) is 1. The van der Waals surface area contributed by atoms with Crippen LogP contribution >= 0.6 is 0 Å².